The molecule has 2 unspecified atom stereocenters. The van der Waals surface area contributed by atoms with E-state index in [-0.39, 0.29) is 17.5 Å². The van der Waals surface area contributed by atoms with E-state index in [2.05, 4.69) is 27.7 Å². The van der Waals surface area contributed by atoms with Crippen molar-refractivity contribution in [2.75, 3.05) is 14.2 Å². The Morgan fingerprint density at radius 3 is 2.08 bits per heavy atom. The zero-order valence-corrected chi connectivity index (χ0v) is 9.79. The van der Waals surface area contributed by atoms with Gasteiger partial charge in [0.15, 0.2) is 0 Å². The van der Waals surface area contributed by atoms with Crippen LogP contribution in [0.2, 0.25) is 0 Å². The van der Waals surface area contributed by atoms with Crippen molar-refractivity contribution in [3.63, 3.8) is 0 Å². The van der Waals surface area contributed by atoms with Gasteiger partial charge < -0.3 is 10.6 Å². The molecule has 80 valence electrons. The van der Waals surface area contributed by atoms with Crippen molar-refractivity contribution in [3.8, 4) is 0 Å². The molecule has 3 nitrogen and oxygen atoms in total. The van der Waals surface area contributed by atoms with Crippen LogP contribution in [0.15, 0.2) is 0 Å². The fourth-order valence-electron chi connectivity index (χ4n) is 1.79. The minimum absolute atomic E-state index is 0.139. The molecule has 0 aromatic rings. The molecular formula is C10H24N2O. The molecule has 0 saturated carbocycles. The van der Waals surface area contributed by atoms with Crippen LogP contribution in [0.4, 0.5) is 0 Å². The van der Waals surface area contributed by atoms with Crippen LogP contribution in [0.25, 0.3) is 0 Å². The largest absolute Gasteiger partial charge is 0.326 e. The molecule has 0 amide bonds. The number of rotatable bonds is 4. The van der Waals surface area contributed by atoms with E-state index in [1.165, 1.54) is 0 Å². The highest BCUT2D eigenvalue weighted by atomic mass is 16.7. The van der Waals surface area contributed by atoms with Crippen LogP contribution in [0, 0.1) is 5.41 Å². The second-order valence-electron chi connectivity index (χ2n) is 4.61. The quantitative estimate of drug-likeness (QED) is 0.681. The van der Waals surface area contributed by atoms with Crippen molar-refractivity contribution < 1.29 is 4.84 Å². The third-order valence-corrected chi connectivity index (χ3v) is 2.44. The van der Waals surface area contributed by atoms with E-state index in [9.17, 15) is 0 Å². The molecule has 0 spiro atoms. The molecule has 0 aromatic heterocycles. The summed E-state index contributed by atoms with van der Waals surface area (Å²) in [6.45, 7) is 8.65. The number of hydrogen-bond donors (Lipinski definition) is 1. The van der Waals surface area contributed by atoms with Gasteiger partial charge >= 0.3 is 0 Å². The molecule has 0 radical (unpaired) electrons. The Bertz CT molecular complexity index is 132. The SMILES string of the molecule is CCC(N)C(N(C)OC)C(C)(C)C. The molecule has 0 rings (SSSR count). The van der Waals surface area contributed by atoms with Crippen LogP contribution in [0.3, 0.4) is 0 Å². The van der Waals surface area contributed by atoms with E-state index < -0.39 is 0 Å². The average molecular weight is 188 g/mol. The number of nitrogens with two attached hydrogens (primary N) is 1. The molecule has 13 heavy (non-hydrogen) atoms. The minimum atomic E-state index is 0.139. The highest BCUT2D eigenvalue weighted by molar-refractivity contribution is 4.87. The maximum atomic E-state index is 6.06. The Balaban J connectivity index is 4.55. The molecule has 3 heteroatoms. The summed E-state index contributed by atoms with van der Waals surface area (Å²) in [7, 11) is 3.62. The summed E-state index contributed by atoms with van der Waals surface area (Å²) in [5.74, 6) is 0. The van der Waals surface area contributed by atoms with Gasteiger partial charge in [0.1, 0.15) is 0 Å². The van der Waals surface area contributed by atoms with Crippen LogP contribution >= 0.6 is 0 Å². The first-order chi connectivity index (χ1) is 5.84. The molecule has 0 aliphatic rings. The van der Waals surface area contributed by atoms with Gasteiger partial charge in [-0.15, -0.1) is 0 Å². The zero-order chi connectivity index (χ0) is 10.6. The van der Waals surface area contributed by atoms with Crippen LogP contribution in [0.1, 0.15) is 34.1 Å². The molecule has 0 bridgehead atoms. The maximum Gasteiger partial charge on any atom is 0.0575 e. The molecule has 0 aliphatic carbocycles. The highest BCUT2D eigenvalue weighted by Gasteiger charge is 2.32. The normalized spacial score (nSPS) is 17.5. The van der Waals surface area contributed by atoms with Gasteiger partial charge in [-0.25, -0.2) is 0 Å². The smallest absolute Gasteiger partial charge is 0.0575 e. The molecular weight excluding hydrogens is 164 g/mol. The summed E-state index contributed by atoms with van der Waals surface area (Å²) < 4.78 is 0. The topological polar surface area (TPSA) is 38.5 Å². The Morgan fingerprint density at radius 2 is 1.85 bits per heavy atom. The molecule has 2 atom stereocenters. The molecule has 0 aromatic carbocycles. The van der Waals surface area contributed by atoms with Crippen molar-refractivity contribution in [2.24, 2.45) is 11.1 Å². The fourth-order valence-corrected chi connectivity index (χ4v) is 1.79. The van der Waals surface area contributed by atoms with Crippen LogP contribution in [-0.4, -0.2) is 31.3 Å². The number of likely N-dealkylation sites (N-methyl/N-ethyl adjacent to an activating group) is 1. The Kier molecular flexibility index (Phi) is 4.89. The lowest BCUT2D eigenvalue weighted by atomic mass is 9.81. The van der Waals surface area contributed by atoms with Crippen LogP contribution < -0.4 is 5.73 Å². The van der Waals surface area contributed by atoms with Gasteiger partial charge in [-0.3, -0.25) is 0 Å². The first kappa shape index (κ1) is 12.9. The van der Waals surface area contributed by atoms with Crippen molar-refractivity contribution in [1.82, 2.24) is 5.06 Å². The standard InChI is InChI=1S/C10H24N2O/c1-7-8(11)9(10(2,3)4)12(5)13-6/h8-9H,7,11H2,1-6H3. The summed E-state index contributed by atoms with van der Waals surface area (Å²) in [6.07, 6.45) is 0.968. The molecule has 0 heterocycles. The predicted molar refractivity (Wildman–Crippen MR) is 56.3 cm³/mol. The van der Waals surface area contributed by atoms with Gasteiger partial charge in [0.2, 0.25) is 0 Å². The molecule has 2 N–H and O–H groups in total. The van der Waals surface area contributed by atoms with E-state index >= 15 is 0 Å². The van der Waals surface area contributed by atoms with Crippen molar-refractivity contribution in [2.45, 2.75) is 46.2 Å². The maximum absolute atomic E-state index is 6.06. The Hall–Kier alpha value is -0.120. The third-order valence-electron chi connectivity index (χ3n) is 2.44. The summed E-state index contributed by atoms with van der Waals surface area (Å²) in [4.78, 5) is 5.22. The second kappa shape index (κ2) is 4.94. The summed E-state index contributed by atoms with van der Waals surface area (Å²) >= 11 is 0. The van der Waals surface area contributed by atoms with E-state index in [4.69, 9.17) is 10.6 Å². The van der Waals surface area contributed by atoms with Gasteiger partial charge in [-0.1, -0.05) is 27.7 Å². The van der Waals surface area contributed by atoms with Crippen molar-refractivity contribution in [3.05, 3.63) is 0 Å². The molecule has 0 fully saturated rings. The first-order valence-electron chi connectivity index (χ1n) is 4.87. The van der Waals surface area contributed by atoms with Gasteiger partial charge in [-0.2, -0.15) is 5.06 Å². The van der Waals surface area contributed by atoms with Crippen molar-refractivity contribution >= 4 is 0 Å². The zero-order valence-electron chi connectivity index (χ0n) is 9.79. The lowest BCUT2D eigenvalue weighted by Crippen LogP contribution is -2.52. The number of hydrogen-bond acceptors (Lipinski definition) is 3. The lowest BCUT2D eigenvalue weighted by Gasteiger charge is -2.40. The van der Waals surface area contributed by atoms with E-state index in [0.717, 1.165) is 6.42 Å². The van der Waals surface area contributed by atoms with Gasteiger partial charge in [0.05, 0.1) is 13.2 Å². The minimum Gasteiger partial charge on any atom is -0.326 e. The number of nitrogens with zero attached hydrogens (tertiary/aromatic N) is 1. The second-order valence-corrected chi connectivity index (χ2v) is 4.61. The van der Waals surface area contributed by atoms with E-state index in [1.807, 2.05) is 12.1 Å². The van der Waals surface area contributed by atoms with Gasteiger partial charge in [0.25, 0.3) is 0 Å². The molecule has 0 aliphatic heterocycles. The predicted octanol–water partition coefficient (Wildman–Crippen LogP) is 1.63. The average Bonchev–Trinajstić information content (AvgIpc) is 2.01. The van der Waals surface area contributed by atoms with Gasteiger partial charge in [-0.05, 0) is 11.8 Å². The first-order valence-corrected chi connectivity index (χ1v) is 4.87. The fraction of sp³-hybridized carbons (Fsp3) is 1.00. The number of hydroxylamine groups is 2. The van der Waals surface area contributed by atoms with E-state index in [0.29, 0.717) is 0 Å². The monoisotopic (exact) mass is 188 g/mol. The van der Waals surface area contributed by atoms with Crippen LogP contribution in [0.5, 0.6) is 0 Å². The van der Waals surface area contributed by atoms with Crippen molar-refractivity contribution in [1.29, 1.82) is 0 Å². The summed E-state index contributed by atoms with van der Waals surface area (Å²) in [6, 6.07) is 0.410. The molecule has 0 saturated heterocycles. The Labute approximate surface area is 82.2 Å². The van der Waals surface area contributed by atoms with Crippen LogP contribution in [-0.2, 0) is 4.84 Å². The third kappa shape index (κ3) is 3.63. The summed E-state index contributed by atoms with van der Waals surface area (Å²) in [5.41, 5.74) is 6.20. The van der Waals surface area contributed by atoms with Gasteiger partial charge in [0, 0.05) is 13.1 Å². The highest BCUT2D eigenvalue weighted by Crippen LogP contribution is 2.26. The lowest BCUT2D eigenvalue weighted by molar-refractivity contribution is -0.170. The van der Waals surface area contributed by atoms with E-state index in [1.54, 1.807) is 7.11 Å². The Morgan fingerprint density at radius 1 is 1.38 bits per heavy atom. The summed E-state index contributed by atoms with van der Waals surface area (Å²) in [5, 5.41) is 1.86.